The van der Waals surface area contributed by atoms with Gasteiger partial charge < -0.3 is 20.1 Å². The third-order valence-electron chi connectivity index (χ3n) is 3.75. The van der Waals surface area contributed by atoms with E-state index in [9.17, 15) is 4.79 Å². The summed E-state index contributed by atoms with van der Waals surface area (Å²) in [6.07, 6.45) is 0.888. The normalized spacial score (nSPS) is 18.0. The number of carbonyl (C=O) groups is 1. The zero-order valence-electron chi connectivity index (χ0n) is 12.9. The average molecular weight is 333 g/mol. The van der Waals surface area contributed by atoms with Gasteiger partial charge in [-0.25, -0.2) is 4.98 Å². The number of methoxy groups -OCH3 is 1. The van der Waals surface area contributed by atoms with Gasteiger partial charge in [0.05, 0.1) is 19.8 Å². The molecule has 1 amide bonds. The first-order valence-corrected chi connectivity index (χ1v) is 8.28. The number of hydrogen-bond donors (Lipinski definition) is 1. The highest BCUT2D eigenvalue weighted by molar-refractivity contribution is 7.13. The second-order valence-electron chi connectivity index (χ2n) is 5.37. The summed E-state index contributed by atoms with van der Waals surface area (Å²) >= 11 is 1.44. The number of aromatic nitrogens is 1. The van der Waals surface area contributed by atoms with Crippen LogP contribution in [0.1, 0.15) is 16.1 Å². The van der Waals surface area contributed by atoms with Crippen molar-refractivity contribution in [1.82, 2.24) is 4.98 Å². The molecule has 1 fully saturated rings. The summed E-state index contributed by atoms with van der Waals surface area (Å²) in [5.74, 6) is 0.356. The highest BCUT2D eigenvalue weighted by Crippen LogP contribution is 2.24. The average Bonchev–Trinajstić information content (AvgIpc) is 3.06. The number of hydrogen-bond acceptors (Lipinski definition) is 6. The number of anilines is 1. The summed E-state index contributed by atoms with van der Waals surface area (Å²) in [6, 6.07) is 8.00. The molecule has 2 aromatic rings. The maximum atomic E-state index is 11.2. The van der Waals surface area contributed by atoms with Crippen LogP contribution in [0.15, 0.2) is 29.6 Å². The van der Waals surface area contributed by atoms with Crippen molar-refractivity contribution >= 4 is 22.4 Å². The Labute approximate surface area is 138 Å². The van der Waals surface area contributed by atoms with Crippen molar-refractivity contribution in [3.63, 3.8) is 0 Å². The van der Waals surface area contributed by atoms with E-state index in [1.54, 1.807) is 12.5 Å². The van der Waals surface area contributed by atoms with E-state index < -0.39 is 5.91 Å². The number of morpholine rings is 1. The van der Waals surface area contributed by atoms with Crippen molar-refractivity contribution < 1.29 is 14.3 Å². The van der Waals surface area contributed by atoms with Crippen LogP contribution in [0.2, 0.25) is 0 Å². The summed E-state index contributed by atoms with van der Waals surface area (Å²) in [6.45, 7) is 2.14. The van der Waals surface area contributed by atoms with Crippen LogP contribution in [0.3, 0.4) is 0 Å². The lowest BCUT2D eigenvalue weighted by atomic mass is 10.1. The molecule has 1 unspecified atom stereocenters. The van der Waals surface area contributed by atoms with E-state index >= 15 is 0 Å². The van der Waals surface area contributed by atoms with Gasteiger partial charge in [-0.1, -0.05) is 12.1 Å². The number of rotatable bonds is 5. The first-order valence-electron chi connectivity index (χ1n) is 7.40. The van der Waals surface area contributed by atoms with Crippen molar-refractivity contribution in [3.8, 4) is 5.75 Å². The summed E-state index contributed by atoms with van der Waals surface area (Å²) in [7, 11) is 1.66. The molecule has 0 bridgehead atoms. The second kappa shape index (κ2) is 6.97. The molecule has 1 aliphatic heterocycles. The van der Waals surface area contributed by atoms with Gasteiger partial charge in [0.1, 0.15) is 11.4 Å². The van der Waals surface area contributed by atoms with Gasteiger partial charge in [0.15, 0.2) is 5.13 Å². The van der Waals surface area contributed by atoms with Crippen molar-refractivity contribution in [2.24, 2.45) is 5.73 Å². The van der Waals surface area contributed by atoms with Crippen molar-refractivity contribution in [2.45, 2.75) is 12.5 Å². The minimum Gasteiger partial charge on any atom is -0.497 e. The first kappa shape index (κ1) is 15.8. The molecule has 1 aromatic heterocycles. The number of nitrogens with two attached hydrogens (primary N) is 1. The molecule has 1 atom stereocenters. The summed E-state index contributed by atoms with van der Waals surface area (Å²) < 4.78 is 11.1. The Morgan fingerprint density at radius 1 is 1.57 bits per heavy atom. The van der Waals surface area contributed by atoms with Crippen LogP contribution in [0, 0.1) is 0 Å². The van der Waals surface area contributed by atoms with Gasteiger partial charge in [0, 0.05) is 24.9 Å². The Morgan fingerprint density at radius 3 is 3.17 bits per heavy atom. The minimum atomic E-state index is -0.492. The Morgan fingerprint density at radius 2 is 2.43 bits per heavy atom. The van der Waals surface area contributed by atoms with Gasteiger partial charge in [-0.2, -0.15) is 0 Å². The summed E-state index contributed by atoms with van der Waals surface area (Å²) in [4.78, 5) is 17.6. The van der Waals surface area contributed by atoms with Crippen molar-refractivity contribution in [2.75, 3.05) is 31.7 Å². The highest BCUT2D eigenvalue weighted by Gasteiger charge is 2.23. The number of amides is 1. The zero-order valence-corrected chi connectivity index (χ0v) is 13.7. The SMILES string of the molecule is COc1cccc(CC2CN(c3nc(C(N)=O)cs3)CCO2)c1. The third-order valence-corrected chi connectivity index (χ3v) is 4.65. The number of primary amides is 1. The molecule has 1 saturated heterocycles. The van der Waals surface area contributed by atoms with E-state index in [2.05, 4.69) is 16.0 Å². The lowest BCUT2D eigenvalue weighted by molar-refractivity contribution is 0.0410. The predicted molar refractivity (Wildman–Crippen MR) is 89.3 cm³/mol. The Kier molecular flexibility index (Phi) is 4.78. The lowest BCUT2D eigenvalue weighted by Gasteiger charge is -2.32. The van der Waals surface area contributed by atoms with Gasteiger partial charge in [-0.15, -0.1) is 11.3 Å². The van der Waals surface area contributed by atoms with Crippen LogP contribution in [-0.4, -0.2) is 43.8 Å². The van der Waals surface area contributed by atoms with Gasteiger partial charge >= 0.3 is 0 Å². The van der Waals surface area contributed by atoms with Crippen LogP contribution in [0.5, 0.6) is 5.75 Å². The molecule has 2 heterocycles. The van der Waals surface area contributed by atoms with E-state index in [1.807, 2.05) is 18.2 Å². The third kappa shape index (κ3) is 3.80. The van der Waals surface area contributed by atoms with E-state index in [1.165, 1.54) is 16.9 Å². The van der Waals surface area contributed by atoms with Crippen molar-refractivity contribution in [1.29, 1.82) is 0 Å². The van der Waals surface area contributed by atoms with Gasteiger partial charge in [0.25, 0.3) is 5.91 Å². The zero-order chi connectivity index (χ0) is 16.2. The van der Waals surface area contributed by atoms with Crippen molar-refractivity contribution in [3.05, 3.63) is 40.9 Å². The Hall–Kier alpha value is -2.12. The van der Waals surface area contributed by atoms with Crippen LogP contribution >= 0.6 is 11.3 Å². The molecule has 0 spiro atoms. The van der Waals surface area contributed by atoms with Crippen LogP contribution in [0.25, 0.3) is 0 Å². The monoisotopic (exact) mass is 333 g/mol. The predicted octanol–water partition coefficient (Wildman–Crippen LogP) is 1.70. The molecule has 1 aliphatic rings. The standard InChI is InChI=1S/C16H19N3O3S/c1-21-12-4-2-3-11(7-12)8-13-9-19(5-6-22-13)16-18-14(10-23-16)15(17)20/h2-4,7,10,13H,5-6,8-9H2,1H3,(H2,17,20). The van der Waals surface area contributed by atoms with E-state index in [-0.39, 0.29) is 6.10 Å². The molecule has 122 valence electrons. The number of ether oxygens (including phenoxy) is 2. The minimum absolute atomic E-state index is 0.0804. The lowest BCUT2D eigenvalue weighted by Crippen LogP contribution is -2.43. The quantitative estimate of drug-likeness (QED) is 0.901. The van der Waals surface area contributed by atoms with Gasteiger partial charge in [0.2, 0.25) is 0 Å². The maximum Gasteiger partial charge on any atom is 0.268 e. The molecule has 6 nitrogen and oxygen atoms in total. The summed E-state index contributed by atoms with van der Waals surface area (Å²) in [5.41, 5.74) is 6.76. The van der Waals surface area contributed by atoms with Crippen LogP contribution < -0.4 is 15.4 Å². The molecular weight excluding hydrogens is 314 g/mol. The Balaban J connectivity index is 1.66. The molecule has 2 N–H and O–H groups in total. The fourth-order valence-electron chi connectivity index (χ4n) is 2.60. The summed E-state index contributed by atoms with van der Waals surface area (Å²) in [5, 5.41) is 2.52. The molecule has 23 heavy (non-hydrogen) atoms. The fourth-order valence-corrected chi connectivity index (χ4v) is 3.45. The van der Waals surface area contributed by atoms with E-state index in [4.69, 9.17) is 15.2 Å². The van der Waals surface area contributed by atoms with E-state index in [0.717, 1.165) is 30.4 Å². The maximum absolute atomic E-state index is 11.2. The van der Waals surface area contributed by atoms with Gasteiger partial charge in [-0.3, -0.25) is 4.79 Å². The highest BCUT2D eigenvalue weighted by atomic mass is 32.1. The first-order chi connectivity index (χ1) is 11.2. The topological polar surface area (TPSA) is 77.7 Å². The fraction of sp³-hybridized carbons (Fsp3) is 0.375. The van der Waals surface area contributed by atoms with E-state index in [0.29, 0.717) is 12.3 Å². The molecule has 0 aliphatic carbocycles. The smallest absolute Gasteiger partial charge is 0.268 e. The molecule has 0 saturated carbocycles. The molecule has 0 radical (unpaired) electrons. The molecular formula is C16H19N3O3S. The molecule has 1 aromatic carbocycles. The number of thiazole rings is 1. The number of nitrogens with zero attached hydrogens (tertiary/aromatic N) is 2. The molecule has 3 rings (SSSR count). The number of carbonyl (C=O) groups excluding carboxylic acids is 1. The Bertz CT molecular complexity index is 689. The van der Waals surface area contributed by atoms with Gasteiger partial charge in [-0.05, 0) is 17.7 Å². The largest absolute Gasteiger partial charge is 0.497 e. The second-order valence-corrected chi connectivity index (χ2v) is 6.21. The number of benzene rings is 1. The van der Waals surface area contributed by atoms with Crippen LogP contribution in [-0.2, 0) is 11.2 Å². The molecule has 7 heteroatoms. The van der Waals surface area contributed by atoms with Crippen LogP contribution in [0.4, 0.5) is 5.13 Å².